The van der Waals surface area contributed by atoms with Crippen LogP contribution in [0.5, 0.6) is 0 Å². The summed E-state index contributed by atoms with van der Waals surface area (Å²) in [6.45, 7) is 6.61. The lowest BCUT2D eigenvalue weighted by atomic mass is 9.75. The van der Waals surface area contributed by atoms with Crippen LogP contribution in [-0.4, -0.2) is 45.6 Å². The van der Waals surface area contributed by atoms with E-state index in [2.05, 4.69) is 23.7 Å². The lowest BCUT2D eigenvalue weighted by molar-refractivity contribution is -0.473. The number of hydrogen-bond acceptors (Lipinski definition) is 2. The maximum atomic E-state index is 5.11. The minimum atomic E-state index is 0. The van der Waals surface area contributed by atoms with Crippen LogP contribution in [-0.2, 0) is 4.74 Å². The number of halogens is 1. The molecule has 0 heterocycles. The largest absolute Gasteiger partial charge is 1.00 e. The third kappa shape index (κ3) is 4.70. The lowest BCUT2D eigenvalue weighted by Gasteiger charge is -2.36. The molecule has 0 amide bonds. The zero-order valence-corrected chi connectivity index (χ0v) is 11.3. The number of nitrogens with zero attached hydrogens (tertiary/aromatic N) is 1. The zero-order chi connectivity index (χ0) is 9.68. The molecule has 14 heavy (non-hydrogen) atoms. The highest BCUT2D eigenvalue weighted by molar-refractivity contribution is 5.12. The Morgan fingerprint density at radius 3 is 2.57 bits per heavy atom. The van der Waals surface area contributed by atoms with Gasteiger partial charge < -0.3 is 28.7 Å². The van der Waals surface area contributed by atoms with Gasteiger partial charge in [0.25, 0.3) is 0 Å². The Bertz CT molecular complexity index is 160. The highest BCUT2D eigenvalue weighted by Crippen LogP contribution is 2.33. The summed E-state index contributed by atoms with van der Waals surface area (Å²) in [5.41, 5.74) is 0. The van der Waals surface area contributed by atoms with Gasteiger partial charge in [-0.2, -0.15) is 0 Å². The number of hydrogen-bond donors (Lipinski definition) is 1. The average Bonchev–Trinajstić information content (AvgIpc) is 2.01. The fourth-order valence-corrected chi connectivity index (χ4v) is 2.09. The molecule has 0 aromatic rings. The minimum absolute atomic E-state index is 0. The fourth-order valence-electron chi connectivity index (χ4n) is 2.09. The van der Waals surface area contributed by atoms with E-state index in [1.807, 2.05) is 0 Å². The quantitative estimate of drug-likeness (QED) is 0.311. The van der Waals surface area contributed by atoms with Gasteiger partial charge in [-0.25, -0.2) is 4.99 Å². The monoisotopic (exact) mass is 312 g/mol. The smallest absolute Gasteiger partial charge is 0.196 e. The fraction of sp³-hybridized carbons (Fsp3) is 0.900. The highest BCUT2D eigenvalue weighted by atomic mass is 127. The van der Waals surface area contributed by atoms with Crippen molar-refractivity contribution in [2.75, 3.05) is 34.0 Å². The molecular weight excluding hydrogens is 291 g/mol. The Hall–Kier alpha value is 0.320. The van der Waals surface area contributed by atoms with Crippen molar-refractivity contribution in [2.45, 2.75) is 12.8 Å². The number of ether oxygens (including phenoxy) is 1. The maximum absolute atomic E-state index is 5.11. The Kier molecular flexibility index (Phi) is 7.76. The highest BCUT2D eigenvalue weighted by Gasteiger charge is 2.29. The molecule has 0 spiro atoms. The van der Waals surface area contributed by atoms with E-state index in [0.29, 0.717) is 0 Å². The lowest BCUT2D eigenvalue weighted by Crippen LogP contribution is -3.00. The van der Waals surface area contributed by atoms with Gasteiger partial charge in [-0.15, -0.1) is 0 Å². The van der Waals surface area contributed by atoms with Gasteiger partial charge in [-0.3, -0.25) is 4.90 Å². The third-order valence-electron chi connectivity index (χ3n) is 2.69. The first-order chi connectivity index (χ1) is 6.26. The number of rotatable bonds is 6. The van der Waals surface area contributed by atoms with Crippen molar-refractivity contribution in [2.24, 2.45) is 11.8 Å². The Morgan fingerprint density at radius 1 is 1.43 bits per heavy atom. The standard InChI is InChI=1S/C10H20N2O.HI/c1-11-8-12(2)6-9-4-10(5-9)7-13-3;/h9-10H,1,4-8H2,2-3H3;1H. The maximum Gasteiger partial charge on any atom is 0.196 e. The molecule has 0 aromatic heterocycles. The van der Waals surface area contributed by atoms with E-state index in [1.54, 1.807) is 7.11 Å². The van der Waals surface area contributed by atoms with Gasteiger partial charge in [-0.05, 0) is 31.7 Å². The van der Waals surface area contributed by atoms with Crippen molar-refractivity contribution < 1.29 is 33.7 Å². The Balaban J connectivity index is 0.00000169. The van der Waals surface area contributed by atoms with Crippen molar-refractivity contribution in [1.82, 2.24) is 4.90 Å². The molecule has 1 aliphatic carbocycles. The zero-order valence-electron chi connectivity index (χ0n) is 9.13. The second kappa shape index (κ2) is 7.59. The summed E-state index contributed by atoms with van der Waals surface area (Å²) in [7, 11) is 3.91. The molecule has 0 unspecified atom stereocenters. The van der Waals surface area contributed by atoms with E-state index in [-0.39, 0.29) is 24.0 Å². The van der Waals surface area contributed by atoms with Gasteiger partial charge in [-0.1, -0.05) is 0 Å². The Labute approximate surface area is 104 Å². The predicted molar refractivity (Wildman–Crippen MR) is 53.7 cm³/mol. The van der Waals surface area contributed by atoms with Crippen molar-refractivity contribution in [3.8, 4) is 0 Å². The van der Waals surface area contributed by atoms with Crippen LogP contribution in [0, 0.1) is 11.8 Å². The summed E-state index contributed by atoms with van der Waals surface area (Å²) >= 11 is 0. The van der Waals surface area contributed by atoms with Gasteiger partial charge >= 0.3 is 0 Å². The van der Waals surface area contributed by atoms with Crippen LogP contribution in [0.1, 0.15) is 12.8 Å². The molecule has 0 radical (unpaired) electrons. The van der Waals surface area contributed by atoms with Crippen LogP contribution < -0.4 is 29.0 Å². The van der Waals surface area contributed by atoms with Crippen LogP contribution in [0.15, 0.2) is 0 Å². The minimum Gasteiger partial charge on any atom is -1.00 e. The summed E-state index contributed by atoms with van der Waals surface area (Å²) in [6, 6.07) is 0. The van der Waals surface area contributed by atoms with Crippen molar-refractivity contribution in [1.29, 1.82) is 0 Å². The van der Waals surface area contributed by atoms with Crippen LogP contribution in [0.4, 0.5) is 0 Å². The van der Waals surface area contributed by atoms with E-state index in [0.717, 1.165) is 25.1 Å². The second-order valence-corrected chi connectivity index (χ2v) is 4.11. The summed E-state index contributed by atoms with van der Waals surface area (Å²) < 4.78 is 5.11. The average molecular weight is 312 g/mol. The number of methoxy groups -OCH3 is 1. The normalized spacial score (nSPS) is 25.4. The molecule has 1 fully saturated rings. The van der Waals surface area contributed by atoms with E-state index in [1.165, 1.54) is 19.4 Å². The predicted octanol–water partition coefficient (Wildman–Crippen LogP) is -3.67. The molecule has 1 rings (SSSR count). The SMILES string of the molecule is C=[NH+]CN(C)CC1CC(COC)C1.[I-]. The molecule has 1 saturated carbocycles. The molecule has 1 aliphatic rings. The first-order valence-corrected chi connectivity index (χ1v) is 4.93. The summed E-state index contributed by atoms with van der Waals surface area (Å²) in [5, 5.41) is 0. The van der Waals surface area contributed by atoms with Crippen molar-refractivity contribution in [3.63, 3.8) is 0 Å². The first-order valence-electron chi connectivity index (χ1n) is 4.93. The third-order valence-corrected chi connectivity index (χ3v) is 2.69. The molecule has 1 N–H and O–H groups in total. The molecular formula is C10H21IN2O. The van der Waals surface area contributed by atoms with E-state index < -0.39 is 0 Å². The topological polar surface area (TPSA) is 26.4 Å². The number of nitrogens with one attached hydrogen (secondary N) is 1. The van der Waals surface area contributed by atoms with E-state index in [4.69, 9.17) is 4.74 Å². The van der Waals surface area contributed by atoms with Crippen LogP contribution >= 0.6 is 0 Å². The molecule has 0 aromatic carbocycles. The summed E-state index contributed by atoms with van der Waals surface area (Å²) in [6.07, 6.45) is 2.66. The first kappa shape index (κ1) is 14.3. The Morgan fingerprint density at radius 2 is 2.07 bits per heavy atom. The van der Waals surface area contributed by atoms with Gasteiger partial charge in [0.2, 0.25) is 0 Å². The summed E-state index contributed by atoms with van der Waals surface area (Å²) in [4.78, 5) is 5.19. The molecule has 0 atom stereocenters. The summed E-state index contributed by atoms with van der Waals surface area (Å²) in [5.74, 6) is 1.69. The van der Waals surface area contributed by atoms with Gasteiger partial charge in [0.05, 0.1) is 0 Å². The van der Waals surface area contributed by atoms with Gasteiger partial charge in [0.1, 0.15) is 6.72 Å². The van der Waals surface area contributed by atoms with E-state index >= 15 is 0 Å². The van der Waals surface area contributed by atoms with Crippen molar-refractivity contribution >= 4 is 6.72 Å². The van der Waals surface area contributed by atoms with Crippen LogP contribution in [0.2, 0.25) is 0 Å². The molecule has 4 heteroatoms. The second-order valence-electron chi connectivity index (χ2n) is 4.11. The van der Waals surface area contributed by atoms with Crippen molar-refractivity contribution in [3.05, 3.63) is 0 Å². The van der Waals surface area contributed by atoms with E-state index in [9.17, 15) is 0 Å². The van der Waals surface area contributed by atoms with Gasteiger partial charge in [0, 0.05) is 20.3 Å². The molecule has 3 nitrogen and oxygen atoms in total. The van der Waals surface area contributed by atoms with Crippen LogP contribution in [0.3, 0.4) is 0 Å². The molecule has 0 aliphatic heterocycles. The van der Waals surface area contributed by atoms with Crippen LogP contribution in [0.25, 0.3) is 0 Å². The van der Waals surface area contributed by atoms with Gasteiger partial charge in [0.15, 0.2) is 6.67 Å². The molecule has 0 bridgehead atoms. The molecule has 0 saturated heterocycles. The molecule has 84 valence electrons.